The van der Waals surface area contributed by atoms with E-state index >= 15 is 0 Å². The summed E-state index contributed by atoms with van der Waals surface area (Å²) in [6.07, 6.45) is 6.52. The van der Waals surface area contributed by atoms with Crippen molar-refractivity contribution in [2.45, 2.75) is 39.0 Å². The third kappa shape index (κ3) is 5.36. The van der Waals surface area contributed by atoms with Crippen molar-refractivity contribution >= 4 is 0 Å². The second-order valence-corrected chi connectivity index (χ2v) is 5.58. The van der Waals surface area contributed by atoms with E-state index in [0.29, 0.717) is 5.41 Å². The minimum atomic E-state index is 0.571. The molecule has 1 fully saturated rings. The first kappa shape index (κ1) is 14.9. The lowest BCUT2D eigenvalue weighted by molar-refractivity contribution is 0.107. The molecule has 0 aromatic rings. The van der Waals surface area contributed by atoms with Crippen molar-refractivity contribution < 1.29 is 4.74 Å². The maximum absolute atomic E-state index is 5.12. The molecule has 1 aliphatic rings. The lowest BCUT2D eigenvalue weighted by atomic mass is 9.75. The molecule has 0 amide bonds. The highest BCUT2D eigenvalue weighted by Crippen LogP contribution is 2.34. The molecule has 0 atom stereocenters. The van der Waals surface area contributed by atoms with Gasteiger partial charge in [0.05, 0.1) is 0 Å². The van der Waals surface area contributed by atoms with Crippen LogP contribution in [0.5, 0.6) is 0 Å². The lowest BCUT2D eigenvalue weighted by Crippen LogP contribution is -2.44. The highest BCUT2D eigenvalue weighted by molar-refractivity contribution is 4.86. The second-order valence-electron chi connectivity index (χ2n) is 5.58. The van der Waals surface area contributed by atoms with E-state index in [4.69, 9.17) is 4.74 Å². The van der Waals surface area contributed by atoms with Crippen LogP contribution in [0.2, 0.25) is 0 Å². The van der Waals surface area contributed by atoms with Crippen LogP contribution in [-0.4, -0.2) is 51.8 Å². The molecule has 1 N–H and O–H groups in total. The van der Waals surface area contributed by atoms with Crippen molar-refractivity contribution in [2.24, 2.45) is 5.41 Å². The average Bonchev–Trinajstić information content (AvgIpc) is 2.30. The van der Waals surface area contributed by atoms with Crippen LogP contribution >= 0.6 is 0 Å². The van der Waals surface area contributed by atoms with E-state index in [-0.39, 0.29) is 0 Å². The third-order valence-electron chi connectivity index (χ3n) is 3.94. The molecule has 3 heteroatoms. The molecule has 0 aromatic heterocycles. The van der Waals surface area contributed by atoms with E-state index in [2.05, 4.69) is 24.2 Å². The standard InChI is InChI=1S/C14H30N2O/c1-4-6-14(7-9-15-10-8-14)13-16(2)11-5-12-17-3/h15H,4-13H2,1-3H3. The van der Waals surface area contributed by atoms with Crippen LogP contribution in [0.4, 0.5) is 0 Å². The highest BCUT2D eigenvalue weighted by Gasteiger charge is 2.31. The molecule has 0 aromatic carbocycles. The SMILES string of the molecule is CCCC1(CN(C)CCCOC)CCNCC1. The molecule has 1 saturated heterocycles. The van der Waals surface area contributed by atoms with Gasteiger partial charge >= 0.3 is 0 Å². The second kappa shape index (κ2) is 8.06. The van der Waals surface area contributed by atoms with E-state index in [1.807, 2.05) is 0 Å². The van der Waals surface area contributed by atoms with Crippen LogP contribution < -0.4 is 5.32 Å². The summed E-state index contributed by atoms with van der Waals surface area (Å²) in [6, 6.07) is 0. The summed E-state index contributed by atoms with van der Waals surface area (Å²) < 4.78 is 5.12. The molecule has 1 heterocycles. The van der Waals surface area contributed by atoms with Crippen LogP contribution in [0, 0.1) is 5.41 Å². The van der Waals surface area contributed by atoms with Gasteiger partial charge in [0.2, 0.25) is 0 Å². The Hall–Kier alpha value is -0.120. The number of nitrogens with zero attached hydrogens (tertiary/aromatic N) is 1. The Balaban J connectivity index is 2.36. The summed E-state index contributed by atoms with van der Waals surface area (Å²) in [6.45, 7) is 8.01. The fourth-order valence-electron chi connectivity index (χ4n) is 3.11. The monoisotopic (exact) mass is 242 g/mol. The molecule has 3 nitrogen and oxygen atoms in total. The average molecular weight is 242 g/mol. The number of nitrogens with one attached hydrogen (secondary N) is 1. The van der Waals surface area contributed by atoms with E-state index < -0.39 is 0 Å². The minimum absolute atomic E-state index is 0.571. The fourth-order valence-corrected chi connectivity index (χ4v) is 3.11. The van der Waals surface area contributed by atoms with Gasteiger partial charge in [-0.25, -0.2) is 0 Å². The Morgan fingerprint density at radius 1 is 1.29 bits per heavy atom. The van der Waals surface area contributed by atoms with Crippen molar-refractivity contribution in [1.82, 2.24) is 10.2 Å². The first-order valence-electron chi connectivity index (χ1n) is 7.11. The van der Waals surface area contributed by atoms with Gasteiger partial charge in [-0.2, -0.15) is 0 Å². The van der Waals surface area contributed by atoms with Crippen molar-refractivity contribution in [3.8, 4) is 0 Å². The predicted molar refractivity (Wildman–Crippen MR) is 73.4 cm³/mol. The summed E-state index contributed by atoms with van der Waals surface area (Å²) in [5, 5.41) is 3.48. The number of ether oxygens (including phenoxy) is 1. The molecule has 0 unspecified atom stereocenters. The van der Waals surface area contributed by atoms with Gasteiger partial charge in [0.1, 0.15) is 0 Å². The summed E-state index contributed by atoms with van der Waals surface area (Å²) in [4.78, 5) is 2.50. The van der Waals surface area contributed by atoms with Gasteiger partial charge in [-0.05, 0) is 51.2 Å². The minimum Gasteiger partial charge on any atom is -0.385 e. The largest absolute Gasteiger partial charge is 0.385 e. The lowest BCUT2D eigenvalue weighted by Gasteiger charge is -2.40. The number of hydrogen-bond acceptors (Lipinski definition) is 3. The molecular formula is C14H30N2O. The molecule has 0 spiro atoms. The van der Waals surface area contributed by atoms with Crippen LogP contribution in [0.1, 0.15) is 39.0 Å². The maximum atomic E-state index is 5.12. The Bertz CT molecular complexity index is 185. The van der Waals surface area contributed by atoms with Crippen molar-refractivity contribution in [3.63, 3.8) is 0 Å². The molecule has 0 saturated carbocycles. The first-order chi connectivity index (χ1) is 8.22. The topological polar surface area (TPSA) is 24.5 Å². The first-order valence-corrected chi connectivity index (χ1v) is 7.11. The van der Waals surface area contributed by atoms with Crippen LogP contribution in [0.3, 0.4) is 0 Å². The van der Waals surface area contributed by atoms with Gasteiger partial charge < -0.3 is 15.0 Å². The molecule has 0 bridgehead atoms. The maximum Gasteiger partial charge on any atom is 0.0474 e. The van der Waals surface area contributed by atoms with Crippen molar-refractivity contribution in [2.75, 3.05) is 46.9 Å². The van der Waals surface area contributed by atoms with Gasteiger partial charge in [-0.1, -0.05) is 13.3 Å². The van der Waals surface area contributed by atoms with Crippen LogP contribution in [0.25, 0.3) is 0 Å². The van der Waals surface area contributed by atoms with E-state index in [9.17, 15) is 0 Å². The van der Waals surface area contributed by atoms with Crippen LogP contribution in [0.15, 0.2) is 0 Å². The summed E-state index contributed by atoms with van der Waals surface area (Å²) >= 11 is 0. The van der Waals surface area contributed by atoms with E-state index in [1.165, 1.54) is 45.3 Å². The number of methoxy groups -OCH3 is 1. The van der Waals surface area contributed by atoms with Crippen molar-refractivity contribution in [3.05, 3.63) is 0 Å². The van der Waals surface area contributed by atoms with Gasteiger partial charge in [0, 0.05) is 26.8 Å². The molecule has 17 heavy (non-hydrogen) atoms. The number of piperidine rings is 1. The molecule has 1 rings (SSSR count). The number of rotatable bonds is 8. The zero-order chi connectivity index (χ0) is 12.6. The van der Waals surface area contributed by atoms with Crippen LogP contribution in [-0.2, 0) is 4.74 Å². The summed E-state index contributed by atoms with van der Waals surface area (Å²) in [5.41, 5.74) is 0.571. The molecule has 0 radical (unpaired) electrons. The molecule has 0 aliphatic carbocycles. The smallest absolute Gasteiger partial charge is 0.0474 e. The zero-order valence-electron chi connectivity index (χ0n) is 11.9. The highest BCUT2D eigenvalue weighted by atomic mass is 16.5. The van der Waals surface area contributed by atoms with E-state index in [0.717, 1.165) is 19.6 Å². The molecule has 102 valence electrons. The molecular weight excluding hydrogens is 212 g/mol. The predicted octanol–water partition coefficient (Wildman–Crippen LogP) is 2.12. The zero-order valence-corrected chi connectivity index (χ0v) is 11.9. The normalized spacial score (nSPS) is 19.8. The van der Waals surface area contributed by atoms with Crippen molar-refractivity contribution in [1.29, 1.82) is 0 Å². The number of hydrogen-bond donors (Lipinski definition) is 1. The Morgan fingerprint density at radius 2 is 2.00 bits per heavy atom. The van der Waals surface area contributed by atoms with E-state index in [1.54, 1.807) is 7.11 Å². The Kier molecular flexibility index (Phi) is 7.09. The fraction of sp³-hybridized carbons (Fsp3) is 1.00. The van der Waals surface area contributed by atoms with Gasteiger partial charge in [-0.3, -0.25) is 0 Å². The van der Waals surface area contributed by atoms with Gasteiger partial charge in [-0.15, -0.1) is 0 Å². The molecule has 1 aliphatic heterocycles. The Labute approximate surface area is 107 Å². The third-order valence-corrected chi connectivity index (χ3v) is 3.94. The summed E-state index contributed by atoms with van der Waals surface area (Å²) in [5.74, 6) is 0. The van der Waals surface area contributed by atoms with Gasteiger partial charge in [0.15, 0.2) is 0 Å². The Morgan fingerprint density at radius 3 is 2.59 bits per heavy atom. The summed E-state index contributed by atoms with van der Waals surface area (Å²) in [7, 11) is 4.04. The van der Waals surface area contributed by atoms with Gasteiger partial charge in [0.25, 0.3) is 0 Å². The quantitative estimate of drug-likeness (QED) is 0.660.